The quantitative estimate of drug-likeness (QED) is 0.896. The van der Waals surface area contributed by atoms with Crippen LogP contribution in [0, 0.1) is 0 Å². The highest BCUT2D eigenvalue weighted by Crippen LogP contribution is 2.20. The van der Waals surface area contributed by atoms with Crippen molar-refractivity contribution in [1.82, 2.24) is 0 Å². The van der Waals surface area contributed by atoms with Gasteiger partial charge in [0.15, 0.2) is 0 Å². The Morgan fingerprint density at radius 2 is 1.93 bits per heavy atom. The molecule has 1 aromatic carbocycles. The molecule has 1 aromatic rings. The normalized spacial score (nSPS) is 11.6. The second kappa shape index (κ2) is 6.82. The second-order valence-corrected chi connectivity index (χ2v) is 4.00. The van der Waals surface area contributed by atoms with Crippen LogP contribution in [0.5, 0.6) is 0 Å². The Kier molecular flexibility index (Phi) is 6.56. The molecule has 3 nitrogen and oxygen atoms in total. The van der Waals surface area contributed by atoms with E-state index in [0.29, 0.717) is 6.54 Å². The van der Waals surface area contributed by atoms with E-state index in [1.807, 2.05) is 24.3 Å². The Bertz CT molecular complexity index is 316. The molecule has 0 aliphatic heterocycles. The van der Waals surface area contributed by atoms with Crippen LogP contribution in [0.3, 0.4) is 0 Å². The Balaban J connectivity index is 0.00000196. The Morgan fingerprint density at radius 1 is 1.40 bits per heavy atom. The van der Waals surface area contributed by atoms with E-state index in [9.17, 15) is 4.79 Å². The number of carboxylic acids is 1. The molecule has 0 heterocycles. The van der Waals surface area contributed by atoms with Gasteiger partial charge in [0, 0.05) is 10.4 Å². The third-order valence-electron chi connectivity index (χ3n) is 2.05. The van der Waals surface area contributed by atoms with Gasteiger partial charge in [-0.25, -0.2) is 0 Å². The van der Waals surface area contributed by atoms with Gasteiger partial charge in [0.25, 0.3) is 0 Å². The molecule has 1 rings (SSSR count). The molecule has 0 bridgehead atoms. The lowest BCUT2D eigenvalue weighted by Crippen LogP contribution is -2.16. The van der Waals surface area contributed by atoms with Crippen LogP contribution in [0.2, 0.25) is 0 Å². The van der Waals surface area contributed by atoms with Crippen molar-refractivity contribution in [2.24, 2.45) is 5.73 Å². The molecule has 0 fully saturated rings. The first-order chi connectivity index (χ1) is 6.63. The molecule has 0 aromatic heterocycles. The van der Waals surface area contributed by atoms with Gasteiger partial charge in [0.05, 0.1) is 6.42 Å². The predicted octanol–water partition coefficient (Wildman–Crippen LogP) is 2.39. The van der Waals surface area contributed by atoms with Gasteiger partial charge in [0.1, 0.15) is 0 Å². The van der Waals surface area contributed by atoms with Crippen molar-refractivity contribution in [1.29, 1.82) is 0 Å². The van der Waals surface area contributed by atoms with Crippen LogP contribution in [-0.2, 0) is 4.79 Å². The Morgan fingerprint density at radius 3 is 2.33 bits per heavy atom. The van der Waals surface area contributed by atoms with Crippen LogP contribution in [0.15, 0.2) is 28.7 Å². The molecule has 0 saturated heterocycles. The van der Waals surface area contributed by atoms with Gasteiger partial charge in [-0.1, -0.05) is 28.1 Å². The summed E-state index contributed by atoms with van der Waals surface area (Å²) in [6.07, 6.45) is 0.0815. The van der Waals surface area contributed by atoms with E-state index in [4.69, 9.17) is 10.8 Å². The fraction of sp³-hybridized carbons (Fsp3) is 0.300. The summed E-state index contributed by atoms with van der Waals surface area (Å²) in [7, 11) is 0. The minimum atomic E-state index is -0.816. The van der Waals surface area contributed by atoms with Gasteiger partial charge in [-0.15, -0.1) is 12.4 Å². The lowest BCUT2D eigenvalue weighted by atomic mass is 9.96. The van der Waals surface area contributed by atoms with Gasteiger partial charge in [0.2, 0.25) is 0 Å². The molecule has 0 amide bonds. The van der Waals surface area contributed by atoms with Gasteiger partial charge < -0.3 is 10.8 Å². The number of carbonyl (C=O) groups is 1. The van der Waals surface area contributed by atoms with Crippen LogP contribution in [-0.4, -0.2) is 17.6 Å². The number of halogens is 2. The first-order valence-electron chi connectivity index (χ1n) is 4.31. The van der Waals surface area contributed by atoms with Gasteiger partial charge in [-0.3, -0.25) is 4.79 Å². The maximum atomic E-state index is 10.5. The average molecular weight is 295 g/mol. The summed E-state index contributed by atoms with van der Waals surface area (Å²) in [5.41, 5.74) is 6.49. The third kappa shape index (κ3) is 4.64. The fourth-order valence-electron chi connectivity index (χ4n) is 1.28. The molecular weight excluding hydrogens is 281 g/mol. The van der Waals surface area contributed by atoms with Crippen LogP contribution in [0.25, 0.3) is 0 Å². The van der Waals surface area contributed by atoms with Crippen LogP contribution in [0.4, 0.5) is 0 Å². The van der Waals surface area contributed by atoms with E-state index in [1.54, 1.807) is 0 Å². The number of aliphatic carboxylic acids is 1. The molecule has 5 heteroatoms. The minimum absolute atomic E-state index is 0. The first-order valence-corrected chi connectivity index (χ1v) is 5.10. The molecule has 15 heavy (non-hydrogen) atoms. The molecule has 3 N–H and O–H groups in total. The van der Waals surface area contributed by atoms with Crippen molar-refractivity contribution in [3.63, 3.8) is 0 Å². The first kappa shape index (κ1) is 14.4. The maximum absolute atomic E-state index is 10.5. The van der Waals surface area contributed by atoms with Crippen molar-refractivity contribution < 1.29 is 9.90 Å². The van der Waals surface area contributed by atoms with E-state index in [2.05, 4.69) is 15.9 Å². The molecule has 0 aliphatic rings. The molecule has 84 valence electrons. The van der Waals surface area contributed by atoms with E-state index in [1.165, 1.54) is 0 Å². The zero-order valence-electron chi connectivity index (χ0n) is 8.02. The third-order valence-corrected chi connectivity index (χ3v) is 2.58. The number of carboxylic acid groups (broad SMARTS) is 1. The standard InChI is InChI=1S/C10H12BrNO2.ClH/c11-9-3-1-7(2-4-9)8(6-12)5-10(13)14;/h1-4,8H,5-6,12H2,(H,13,14);1H. The highest BCUT2D eigenvalue weighted by molar-refractivity contribution is 9.10. The number of hydrogen-bond acceptors (Lipinski definition) is 2. The SMILES string of the molecule is Cl.NCC(CC(=O)O)c1ccc(Br)cc1. The largest absolute Gasteiger partial charge is 0.481 e. The van der Waals surface area contributed by atoms with Crippen molar-refractivity contribution in [2.75, 3.05) is 6.54 Å². The Labute approximate surface area is 103 Å². The predicted molar refractivity (Wildman–Crippen MR) is 65.4 cm³/mol. The Hall–Kier alpha value is -0.580. The topological polar surface area (TPSA) is 63.3 Å². The number of rotatable bonds is 4. The zero-order valence-corrected chi connectivity index (χ0v) is 10.4. The van der Waals surface area contributed by atoms with Gasteiger partial charge in [-0.2, -0.15) is 0 Å². The highest BCUT2D eigenvalue weighted by Gasteiger charge is 2.13. The average Bonchev–Trinajstić information content (AvgIpc) is 2.15. The second-order valence-electron chi connectivity index (χ2n) is 3.08. The summed E-state index contributed by atoms with van der Waals surface area (Å²) < 4.78 is 0.979. The summed E-state index contributed by atoms with van der Waals surface area (Å²) in [6, 6.07) is 7.56. The van der Waals surface area contributed by atoms with Crippen LogP contribution >= 0.6 is 28.3 Å². The van der Waals surface area contributed by atoms with E-state index < -0.39 is 5.97 Å². The fourth-order valence-corrected chi connectivity index (χ4v) is 1.55. The lowest BCUT2D eigenvalue weighted by Gasteiger charge is -2.12. The lowest BCUT2D eigenvalue weighted by molar-refractivity contribution is -0.137. The zero-order chi connectivity index (χ0) is 10.6. The molecular formula is C10H13BrClNO2. The van der Waals surface area contributed by atoms with Gasteiger partial charge >= 0.3 is 5.97 Å². The molecule has 0 saturated carbocycles. The molecule has 0 spiro atoms. The van der Waals surface area contributed by atoms with Crippen LogP contribution < -0.4 is 5.73 Å². The van der Waals surface area contributed by atoms with Crippen molar-refractivity contribution >= 4 is 34.3 Å². The monoisotopic (exact) mass is 293 g/mol. The van der Waals surface area contributed by atoms with Gasteiger partial charge in [-0.05, 0) is 24.2 Å². The summed E-state index contributed by atoms with van der Waals surface area (Å²) in [5.74, 6) is -0.913. The molecule has 1 atom stereocenters. The molecule has 0 aliphatic carbocycles. The number of nitrogens with two attached hydrogens (primary N) is 1. The molecule has 1 unspecified atom stereocenters. The highest BCUT2D eigenvalue weighted by atomic mass is 79.9. The summed E-state index contributed by atoms with van der Waals surface area (Å²) in [5, 5.41) is 8.67. The number of hydrogen-bond donors (Lipinski definition) is 2. The summed E-state index contributed by atoms with van der Waals surface area (Å²) in [4.78, 5) is 10.5. The van der Waals surface area contributed by atoms with Crippen molar-refractivity contribution in [3.8, 4) is 0 Å². The van der Waals surface area contributed by atoms with E-state index >= 15 is 0 Å². The van der Waals surface area contributed by atoms with E-state index in [0.717, 1.165) is 10.0 Å². The summed E-state index contributed by atoms with van der Waals surface area (Å²) in [6.45, 7) is 0.355. The smallest absolute Gasteiger partial charge is 0.304 e. The minimum Gasteiger partial charge on any atom is -0.481 e. The van der Waals surface area contributed by atoms with Crippen molar-refractivity contribution in [3.05, 3.63) is 34.3 Å². The van der Waals surface area contributed by atoms with Crippen LogP contribution in [0.1, 0.15) is 17.9 Å². The summed E-state index contributed by atoms with van der Waals surface area (Å²) >= 11 is 3.32. The van der Waals surface area contributed by atoms with Crippen molar-refractivity contribution in [2.45, 2.75) is 12.3 Å². The molecule has 0 radical (unpaired) electrons. The van der Waals surface area contributed by atoms with E-state index in [-0.39, 0.29) is 24.7 Å². The maximum Gasteiger partial charge on any atom is 0.304 e. The number of benzene rings is 1.